The highest BCUT2D eigenvalue weighted by molar-refractivity contribution is 5.85. The van der Waals surface area contributed by atoms with Crippen molar-refractivity contribution in [1.82, 2.24) is 24.5 Å². The highest BCUT2D eigenvalue weighted by atomic mass is 16.5. The number of hydrogen-bond acceptors (Lipinski definition) is 9. The predicted molar refractivity (Wildman–Crippen MR) is 156 cm³/mol. The minimum absolute atomic E-state index is 0.0797. The first-order valence-corrected chi connectivity index (χ1v) is 15.1. The Hall–Kier alpha value is -3.34. The fourth-order valence-corrected chi connectivity index (χ4v) is 8.40. The van der Waals surface area contributed by atoms with Gasteiger partial charge in [0.2, 0.25) is 0 Å². The quantitative estimate of drug-likeness (QED) is 0.354. The minimum Gasteiger partial charge on any atom is -0.460 e. The van der Waals surface area contributed by atoms with Crippen molar-refractivity contribution in [3.63, 3.8) is 0 Å². The minimum atomic E-state index is -0.708. The molecule has 0 amide bonds. The number of ketones is 1. The molecule has 0 spiro atoms. The molecule has 3 saturated carbocycles. The number of nitrogen functional groups attached to an aromatic ring is 1. The molecular weight excluding hydrogens is 536 g/mol. The number of carbonyl (C=O) groups excluding carboxylic acids is 2. The molecule has 0 unspecified atom stereocenters. The van der Waals surface area contributed by atoms with Crippen molar-refractivity contribution in [3.05, 3.63) is 47.3 Å². The van der Waals surface area contributed by atoms with Crippen LogP contribution >= 0.6 is 0 Å². The van der Waals surface area contributed by atoms with Crippen LogP contribution in [-0.2, 0) is 33.8 Å². The fraction of sp³-hybridized carbons (Fsp3) is 0.677. The van der Waals surface area contributed by atoms with Crippen molar-refractivity contribution in [2.75, 3.05) is 5.73 Å². The third-order valence-electron chi connectivity index (χ3n) is 11.2. The third-order valence-corrected chi connectivity index (χ3v) is 11.2. The lowest BCUT2D eigenvalue weighted by Crippen LogP contribution is -2.63. The highest BCUT2D eigenvalue weighted by Gasteiger charge is 2.68. The molecule has 228 valence electrons. The number of aliphatic hydroxyl groups is 1. The lowest BCUT2D eigenvalue weighted by atomic mass is 9.44. The lowest BCUT2D eigenvalue weighted by molar-refractivity contribution is -0.207. The Morgan fingerprint density at radius 2 is 2.05 bits per heavy atom. The number of rotatable bonds is 8. The van der Waals surface area contributed by atoms with E-state index in [1.165, 1.54) is 9.25 Å². The van der Waals surface area contributed by atoms with Crippen LogP contribution in [0.1, 0.15) is 71.9 Å². The number of carbonyl (C=O) groups is 2. The molecule has 8 atom stereocenters. The molecule has 3 fully saturated rings. The van der Waals surface area contributed by atoms with E-state index in [0.29, 0.717) is 37.9 Å². The smallest absolute Gasteiger partial charge is 0.349 e. The molecule has 2 aromatic rings. The van der Waals surface area contributed by atoms with Crippen LogP contribution < -0.4 is 11.4 Å². The maximum atomic E-state index is 13.6. The van der Waals surface area contributed by atoms with Gasteiger partial charge in [-0.25, -0.2) is 9.48 Å². The highest BCUT2D eigenvalue weighted by Crippen LogP contribution is 2.68. The van der Waals surface area contributed by atoms with E-state index < -0.39 is 34.7 Å². The summed E-state index contributed by atoms with van der Waals surface area (Å²) >= 11 is 0. The Kier molecular flexibility index (Phi) is 7.93. The van der Waals surface area contributed by atoms with Crippen LogP contribution in [0.25, 0.3) is 0 Å². The SMILES string of the molecule is C=C[C@]1(C)C[C@@H](OC(=O)Cn2cc(CCCn3ccc(N)nc3=O)nn2)[C@]2(C)[C@H](C)CC[C@]3(CCC(=O)[C@@H]32)[C@@H](C)[C@@H]1O. The number of ether oxygens (including phenoxy) is 1. The number of aromatic nitrogens is 5. The summed E-state index contributed by atoms with van der Waals surface area (Å²) in [5, 5.41) is 20.0. The molecule has 2 aromatic heterocycles. The van der Waals surface area contributed by atoms with Crippen LogP contribution in [0.4, 0.5) is 5.82 Å². The van der Waals surface area contributed by atoms with Gasteiger partial charge in [-0.05, 0) is 61.8 Å². The van der Waals surface area contributed by atoms with Crippen LogP contribution in [0.3, 0.4) is 0 Å². The topological polar surface area (TPSA) is 155 Å². The molecule has 3 aliphatic rings. The molecule has 2 heterocycles. The second kappa shape index (κ2) is 11.1. The van der Waals surface area contributed by atoms with Gasteiger partial charge in [0.05, 0.1) is 11.8 Å². The van der Waals surface area contributed by atoms with Gasteiger partial charge in [0.25, 0.3) is 0 Å². The van der Waals surface area contributed by atoms with Gasteiger partial charge in [0, 0.05) is 42.1 Å². The number of esters is 1. The summed E-state index contributed by atoms with van der Waals surface area (Å²) in [6, 6.07) is 1.58. The number of aryl methyl sites for hydroxylation is 2. The molecule has 42 heavy (non-hydrogen) atoms. The second-order valence-corrected chi connectivity index (χ2v) is 13.4. The molecule has 3 N–H and O–H groups in total. The lowest BCUT2D eigenvalue weighted by Gasteiger charge is -2.61. The molecule has 5 rings (SSSR count). The summed E-state index contributed by atoms with van der Waals surface area (Å²) in [7, 11) is 0. The molecule has 0 radical (unpaired) electrons. The van der Waals surface area contributed by atoms with Crippen molar-refractivity contribution < 1.29 is 19.4 Å². The first-order chi connectivity index (χ1) is 19.8. The average Bonchev–Trinajstić information content (AvgIpc) is 3.54. The summed E-state index contributed by atoms with van der Waals surface area (Å²) < 4.78 is 9.24. The van der Waals surface area contributed by atoms with E-state index in [-0.39, 0.29) is 41.3 Å². The first kappa shape index (κ1) is 30.1. The Morgan fingerprint density at radius 1 is 1.29 bits per heavy atom. The van der Waals surface area contributed by atoms with Crippen molar-refractivity contribution in [2.45, 2.75) is 97.9 Å². The van der Waals surface area contributed by atoms with Crippen LogP contribution in [0.15, 0.2) is 35.9 Å². The largest absolute Gasteiger partial charge is 0.460 e. The van der Waals surface area contributed by atoms with Crippen LogP contribution in [0.2, 0.25) is 0 Å². The van der Waals surface area contributed by atoms with E-state index >= 15 is 0 Å². The monoisotopic (exact) mass is 580 g/mol. The number of nitrogens with zero attached hydrogens (tertiary/aromatic N) is 5. The zero-order valence-corrected chi connectivity index (χ0v) is 25.2. The van der Waals surface area contributed by atoms with Gasteiger partial charge in [-0.15, -0.1) is 11.7 Å². The normalized spacial score (nSPS) is 36.1. The second-order valence-electron chi connectivity index (χ2n) is 13.4. The van der Waals surface area contributed by atoms with Gasteiger partial charge in [0.1, 0.15) is 24.2 Å². The van der Waals surface area contributed by atoms with Gasteiger partial charge in [-0.1, -0.05) is 39.0 Å². The van der Waals surface area contributed by atoms with Gasteiger partial charge in [-0.2, -0.15) is 4.98 Å². The van der Waals surface area contributed by atoms with Crippen molar-refractivity contribution in [1.29, 1.82) is 0 Å². The van der Waals surface area contributed by atoms with E-state index in [4.69, 9.17) is 10.5 Å². The summed E-state index contributed by atoms with van der Waals surface area (Å²) in [5.41, 5.74) is 4.27. The van der Waals surface area contributed by atoms with E-state index in [1.807, 2.05) is 6.92 Å². The van der Waals surface area contributed by atoms with E-state index in [2.05, 4.69) is 42.6 Å². The molecule has 11 heteroatoms. The molecule has 11 nitrogen and oxygen atoms in total. The van der Waals surface area contributed by atoms with Crippen molar-refractivity contribution in [2.24, 2.45) is 34.0 Å². The van der Waals surface area contributed by atoms with E-state index in [1.54, 1.807) is 24.5 Å². The number of Topliss-reactive ketones (excluding diaryl/α,β-unsaturated/α-hetero) is 1. The average molecular weight is 581 g/mol. The molecule has 2 bridgehead atoms. The third kappa shape index (κ3) is 4.99. The number of nitrogens with two attached hydrogens (primary N) is 1. The van der Waals surface area contributed by atoms with Gasteiger partial charge >= 0.3 is 11.7 Å². The fourth-order valence-electron chi connectivity index (χ4n) is 8.40. The van der Waals surface area contributed by atoms with E-state index in [0.717, 1.165) is 19.3 Å². The molecule has 0 saturated heterocycles. The number of hydrogen-bond donors (Lipinski definition) is 2. The maximum Gasteiger partial charge on any atom is 0.349 e. The zero-order chi connectivity index (χ0) is 30.4. The molecular formula is C31H44N6O5. The van der Waals surface area contributed by atoms with Gasteiger partial charge < -0.3 is 15.6 Å². The Bertz CT molecular complexity index is 1420. The summed E-state index contributed by atoms with van der Waals surface area (Å²) in [4.78, 5) is 42.7. The van der Waals surface area contributed by atoms with Crippen LogP contribution in [-0.4, -0.2) is 53.6 Å². The zero-order valence-electron chi connectivity index (χ0n) is 25.2. The number of aliphatic hydroxyl groups excluding tert-OH is 1. The Labute approximate surface area is 246 Å². The van der Waals surface area contributed by atoms with Crippen molar-refractivity contribution in [3.8, 4) is 0 Å². The van der Waals surface area contributed by atoms with Crippen LogP contribution in [0.5, 0.6) is 0 Å². The molecule has 3 aliphatic carbocycles. The summed E-state index contributed by atoms with van der Waals surface area (Å²) in [6.45, 7) is 12.8. The summed E-state index contributed by atoms with van der Waals surface area (Å²) in [5.74, 6) is -0.235. The van der Waals surface area contributed by atoms with Crippen molar-refractivity contribution >= 4 is 17.6 Å². The standard InChI is InChI=1S/C31H44N6O5/c1-6-29(4)16-23(30(5)19(2)9-12-31(20(3)27(29)40)13-10-22(38)26(30)31)42-25(39)18-37-17-21(34-35-37)8-7-14-36-15-11-24(32)33-28(36)41/h6,11,15,17,19-20,23,26-27,40H,1,7-10,12-14,16,18H2,2-5H3,(H2,32,33,41)/t19-,20+,23-,26-,27+,29-,30+,31+/m1/s1. The van der Waals surface area contributed by atoms with Gasteiger partial charge in [-0.3, -0.25) is 14.2 Å². The first-order valence-electron chi connectivity index (χ1n) is 15.1. The predicted octanol–water partition coefficient (Wildman–Crippen LogP) is 2.96. The summed E-state index contributed by atoms with van der Waals surface area (Å²) in [6.07, 6.45) is 8.47. The maximum absolute atomic E-state index is 13.6. The number of anilines is 1. The van der Waals surface area contributed by atoms with Gasteiger partial charge in [0.15, 0.2) is 0 Å². The van der Waals surface area contributed by atoms with Crippen LogP contribution in [0, 0.1) is 34.0 Å². The molecule has 0 aliphatic heterocycles. The Morgan fingerprint density at radius 3 is 2.76 bits per heavy atom. The molecule has 0 aromatic carbocycles. The van der Waals surface area contributed by atoms with E-state index in [9.17, 15) is 19.5 Å². The Balaban J connectivity index is 1.32.